The molecular formula is C16H30F3N. The number of nitrogens with one attached hydrogen (secondary N) is 1. The van der Waals surface area contributed by atoms with Crippen molar-refractivity contribution in [3.63, 3.8) is 0 Å². The minimum atomic E-state index is -4.02. The summed E-state index contributed by atoms with van der Waals surface area (Å²) in [7, 11) is 0. The topological polar surface area (TPSA) is 12.0 Å². The van der Waals surface area contributed by atoms with Crippen molar-refractivity contribution >= 4 is 0 Å². The van der Waals surface area contributed by atoms with Crippen molar-refractivity contribution in [2.45, 2.75) is 83.9 Å². The molecule has 1 atom stereocenters. The first-order valence-corrected chi connectivity index (χ1v) is 8.26. The van der Waals surface area contributed by atoms with Gasteiger partial charge in [-0.1, -0.05) is 46.0 Å². The molecule has 1 N–H and O–H groups in total. The molecule has 0 aliphatic heterocycles. The van der Waals surface area contributed by atoms with Gasteiger partial charge < -0.3 is 5.32 Å². The predicted molar refractivity (Wildman–Crippen MR) is 77.7 cm³/mol. The van der Waals surface area contributed by atoms with E-state index in [0.717, 1.165) is 25.3 Å². The molecule has 1 nitrogen and oxygen atoms in total. The van der Waals surface area contributed by atoms with Crippen LogP contribution in [0.5, 0.6) is 0 Å². The Morgan fingerprint density at radius 3 is 2.25 bits per heavy atom. The van der Waals surface area contributed by atoms with E-state index in [2.05, 4.69) is 12.2 Å². The van der Waals surface area contributed by atoms with E-state index in [1.54, 1.807) is 0 Å². The van der Waals surface area contributed by atoms with Gasteiger partial charge in [0.05, 0.1) is 0 Å². The van der Waals surface area contributed by atoms with E-state index < -0.39 is 12.6 Å². The fraction of sp³-hybridized carbons (Fsp3) is 1.00. The first kappa shape index (κ1) is 17.8. The number of rotatable bonds is 8. The highest BCUT2D eigenvalue weighted by molar-refractivity contribution is 4.82. The minimum absolute atomic E-state index is 0.0498. The number of alkyl halides is 3. The fourth-order valence-electron chi connectivity index (χ4n) is 3.46. The van der Waals surface area contributed by atoms with Crippen LogP contribution in [0.15, 0.2) is 0 Å². The molecule has 1 aliphatic carbocycles. The number of hydrogen-bond acceptors (Lipinski definition) is 1. The van der Waals surface area contributed by atoms with Gasteiger partial charge in [-0.15, -0.1) is 0 Å². The molecule has 0 spiro atoms. The zero-order chi connectivity index (χ0) is 15.0. The van der Waals surface area contributed by atoms with Gasteiger partial charge in [-0.2, -0.15) is 13.2 Å². The molecule has 0 radical (unpaired) electrons. The Bertz CT molecular complexity index is 245. The van der Waals surface area contributed by atoms with Crippen molar-refractivity contribution in [2.24, 2.45) is 11.8 Å². The smallest absolute Gasteiger partial charge is 0.314 e. The second kappa shape index (κ2) is 8.91. The van der Waals surface area contributed by atoms with Gasteiger partial charge in [-0.05, 0) is 37.6 Å². The molecule has 1 rings (SSSR count). The van der Waals surface area contributed by atoms with Gasteiger partial charge in [-0.25, -0.2) is 0 Å². The molecule has 0 bridgehead atoms. The Labute approximate surface area is 121 Å². The molecule has 4 heteroatoms. The summed E-state index contributed by atoms with van der Waals surface area (Å²) in [5.74, 6) is 1.26. The lowest BCUT2D eigenvalue weighted by Crippen LogP contribution is -2.39. The molecule has 1 unspecified atom stereocenters. The second-order valence-electron chi connectivity index (χ2n) is 6.24. The zero-order valence-corrected chi connectivity index (χ0v) is 12.9. The van der Waals surface area contributed by atoms with Gasteiger partial charge in [0, 0.05) is 12.5 Å². The van der Waals surface area contributed by atoms with Crippen molar-refractivity contribution < 1.29 is 13.2 Å². The SMILES string of the molecule is CCCCC1CCC(C(CCC(F)(F)F)NCC)CC1. The van der Waals surface area contributed by atoms with E-state index in [-0.39, 0.29) is 12.5 Å². The maximum absolute atomic E-state index is 12.4. The standard InChI is InChI=1S/C16H30F3N/c1-3-5-6-13-7-9-14(10-8-13)15(20-4-2)11-12-16(17,18)19/h13-15,20H,3-12H2,1-2H3. The van der Waals surface area contributed by atoms with Gasteiger partial charge in [-0.3, -0.25) is 0 Å². The molecule has 1 aliphatic rings. The summed E-state index contributed by atoms with van der Waals surface area (Å²) in [4.78, 5) is 0. The van der Waals surface area contributed by atoms with E-state index in [1.165, 1.54) is 32.1 Å². The minimum Gasteiger partial charge on any atom is -0.314 e. The zero-order valence-electron chi connectivity index (χ0n) is 12.9. The number of halogens is 3. The molecule has 1 fully saturated rings. The van der Waals surface area contributed by atoms with Gasteiger partial charge in [0.2, 0.25) is 0 Å². The normalized spacial score (nSPS) is 25.6. The fourth-order valence-corrected chi connectivity index (χ4v) is 3.46. The highest BCUT2D eigenvalue weighted by Gasteiger charge is 2.32. The first-order valence-electron chi connectivity index (χ1n) is 8.26. The average Bonchev–Trinajstić information content (AvgIpc) is 2.41. The molecular weight excluding hydrogens is 263 g/mol. The summed E-state index contributed by atoms with van der Waals surface area (Å²) in [6, 6.07) is 0.0498. The van der Waals surface area contributed by atoms with Crippen molar-refractivity contribution in [1.82, 2.24) is 5.32 Å². The van der Waals surface area contributed by atoms with Crippen LogP contribution in [0.4, 0.5) is 13.2 Å². The van der Waals surface area contributed by atoms with Crippen LogP contribution < -0.4 is 5.32 Å². The van der Waals surface area contributed by atoms with Crippen molar-refractivity contribution in [3.05, 3.63) is 0 Å². The van der Waals surface area contributed by atoms with E-state index in [1.807, 2.05) is 6.92 Å². The average molecular weight is 293 g/mol. The Kier molecular flexibility index (Phi) is 7.93. The van der Waals surface area contributed by atoms with E-state index in [4.69, 9.17) is 0 Å². The first-order chi connectivity index (χ1) is 9.46. The number of hydrogen-bond donors (Lipinski definition) is 1. The van der Waals surface area contributed by atoms with E-state index in [0.29, 0.717) is 5.92 Å². The lowest BCUT2D eigenvalue weighted by molar-refractivity contribution is -0.137. The summed E-state index contributed by atoms with van der Waals surface area (Å²) in [5.41, 5.74) is 0. The maximum Gasteiger partial charge on any atom is 0.389 e. The third kappa shape index (κ3) is 6.96. The molecule has 0 aromatic rings. The Balaban J connectivity index is 2.37. The van der Waals surface area contributed by atoms with Crippen LogP contribution in [-0.4, -0.2) is 18.8 Å². The number of unbranched alkanes of at least 4 members (excludes halogenated alkanes) is 1. The van der Waals surface area contributed by atoms with Crippen LogP contribution in [0.2, 0.25) is 0 Å². The lowest BCUT2D eigenvalue weighted by atomic mass is 9.76. The predicted octanol–water partition coefficient (Wildman–Crippen LogP) is 5.30. The monoisotopic (exact) mass is 293 g/mol. The molecule has 120 valence electrons. The molecule has 0 heterocycles. The Hall–Kier alpha value is -0.250. The summed E-state index contributed by atoms with van der Waals surface area (Å²) in [6.45, 7) is 4.95. The van der Waals surface area contributed by atoms with Gasteiger partial charge in [0.1, 0.15) is 0 Å². The summed E-state index contributed by atoms with van der Waals surface area (Å²) in [5, 5.41) is 3.28. The van der Waals surface area contributed by atoms with Crippen LogP contribution >= 0.6 is 0 Å². The quantitative estimate of drug-likeness (QED) is 0.640. The second-order valence-corrected chi connectivity index (χ2v) is 6.24. The molecule has 20 heavy (non-hydrogen) atoms. The third-order valence-corrected chi connectivity index (χ3v) is 4.63. The molecule has 0 saturated heterocycles. The van der Waals surface area contributed by atoms with E-state index in [9.17, 15) is 13.2 Å². The molecule has 0 aromatic heterocycles. The van der Waals surface area contributed by atoms with Crippen LogP contribution in [-0.2, 0) is 0 Å². The maximum atomic E-state index is 12.4. The highest BCUT2D eigenvalue weighted by Crippen LogP contribution is 2.35. The van der Waals surface area contributed by atoms with Gasteiger partial charge in [0.25, 0.3) is 0 Å². The van der Waals surface area contributed by atoms with Gasteiger partial charge in [0.15, 0.2) is 0 Å². The largest absolute Gasteiger partial charge is 0.389 e. The van der Waals surface area contributed by atoms with Crippen LogP contribution in [0, 0.1) is 11.8 Å². The Morgan fingerprint density at radius 1 is 1.10 bits per heavy atom. The summed E-state index contributed by atoms with van der Waals surface area (Å²) >= 11 is 0. The van der Waals surface area contributed by atoms with E-state index >= 15 is 0 Å². The summed E-state index contributed by atoms with van der Waals surface area (Å²) in [6.07, 6.45) is 4.02. The molecule has 0 amide bonds. The van der Waals surface area contributed by atoms with Crippen molar-refractivity contribution in [1.29, 1.82) is 0 Å². The lowest BCUT2D eigenvalue weighted by Gasteiger charge is -2.34. The Morgan fingerprint density at radius 2 is 1.75 bits per heavy atom. The van der Waals surface area contributed by atoms with Crippen LogP contribution in [0.3, 0.4) is 0 Å². The molecule has 0 aromatic carbocycles. The van der Waals surface area contributed by atoms with Gasteiger partial charge >= 0.3 is 6.18 Å². The third-order valence-electron chi connectivity index (χ3n) is 4.63. The molecule has 1 saturated carbocycles. The summed E-state index contributed by atoms with van der Waals surface area (Å²) < 4.78 is 37.2. The highest BCUT2D eigenvalue weighted by atomic mass is 19.4. The van der Waals surface area contributed by atoms with Crippen molar-refractivity contribution in [2.75, 3.05) is 6.54 Å². The van der Waals surface area contributed by atoms with Crippen molar-refractivity contribution in [3.8, 4) is 0 Å². The van der Waals surface area contributed by atoms with Crippen LogP contribution in [0.25, 0.3) is 0 Å². The van der Waals surface area contributed by atoms with Crippen LogP contribution in [0.1, 0.15) is 71.6 Å².